The van der Waals surface area contributed by atoms with Crippen molar-refractivity contribution in [3.8, 4) is 0 Å². The quantitative estimate of drug-likeness (QED) is 0.675. The number of hydrogen-bond donors (Lipinski definition) is 0. The summed E-state index contributed by atoms with van der Waals surface area (Å²) in [5.41, 5.74) is 1.94. The summed E-state index contributed by atoms with van der Waals surface area (Å²) in [5.74, 6) is 0. The van der Waals surface area contributed by atoms with Gasteiger partial charge in [0.25, 0.3) is 0 Å². The molecule has 0 aliphatic carbocycles. The fraction of sp³-hybridized carbons (Fsp3) is 0. The Kier molecular flexibility index (Phi) is 1.73. The fourth-order valence-corrected chi connectivity index (χ4v) is 1.58. The molecule has 1 aromatic heterocycles. The first-order chi connectivity index (χ1) is 5.38. The molecular weight excluding hydrogens is 251 g/mol. The van der Waals surface area contributed by atoms with Gasteiger partial charge < -0.3 is 0 Å². The van der Waals surface area contributed by atoms with Gasteiger partial charge in [-0.05, 0) is 34.7 Å². The van der Waals surface area contributed by atoms with Crippen LogP contribution >= 0.6 is 22.6 Å². The van der Waals surface area contributed by atoms with E-state index in [9.17, 15) is 0 Å². The van der Waals surface area contributed by atoms with Crippen molar-refractivity contribution in [1.29, 1.82) is 0 Å². The van der Waals surface area contributed by atoms with Gasteiger partial charge in [0.15, 0.2) is 0 Å². The predicted octanol–water partition coefficient (Wildman–Crippen LogP) is 2.23. The number of hydrogen-bond acceptors (Lipinski definition) is 2. The lowest BCUT2D eigenvalue weighted by Crippen LogP contribution is -1.83. The summed E-state index contributed by atoms with van der Waals surface area (Å²) in [6.07, 6.45) is 3.42. The Labute approximate surface area is 77.8 Å². The molecule has 1 aromatic carbocycles. The summed E-state index contributed by atoms with van der Waals surface area (Å²) in [6, 6.07) is 5.97. The third-order valence-electron chi connectivity index (χ3n) is 1.45. The summed E-state index contributed by atoms with van der Waals surface area (Å²) in [7, 11) is 0. The zero-order valence-corrected chi connectivity index (χ0v) is 7.82. The molecule has 2 nitrogen and oxygen atoms in total. The molecule has 2 aromatic rings. The maximum absolute atomic E-state index is 4.21. The van der Waals surface area contributed by atoms with Gasteiger partial charge in [-0.15, -0.1) is 0 Å². The minimum absolute atomic E-state index is 0.958. The van der Waals surface area contributed by atoms with Crippen LogP contribution in [0.25, 0.3) is 11.0 Å². The van der Waals surface area contributed by atoms with Gasteiger partial charge in [0, 0.05) is 16.0 Å². The van der Waals surface area contributed by atoms with Crippen LogP contribution in [-0.4, -0.2) is 9.97 Å². The van der Waals surface area contributed by atoms with Crippen LogP contribution in [0.2, 0.25) is 0 Å². The maximum atomic E-state index is 4.21. The summed E-state index contributed by atoms with van der Waals surface area (Å²) in [6.45, 7) is 0. The Morgan fingerprint density at radius 1 is 1.09 bits per heavy atom. The van der Waals surface area contributed by atoms with E-state index in [1.807, 2.05) is 18.2 Å². The Morgan fingerprint density at radius 3 is 2.73 bits per heavy atom. The van der Waals surface area contributed by atoms with Crippen LogP contribution in [0.15, 0.2) is 30.6 Å². The molecule has 0 saturated carbocycles. The van der Waals surface area contributed by atoms with Gasteiger partial charge in [-0.2, -0.15) is 0 Å². The summed E-state index contributed by atoms with van der Waals surface area (Å²) in [5, 5.41) is 0. The summed E-state index contributed by atoms with van der Waals surface area (Å²) >= 11 is 2.26. The van der Waals surface area contributed by atoms with Crippen molar-refractivity contribution in [1.82, 2.24) is 9.97 Å². The number of nitrogens with zero attached hydrogens (tertiary/aromatic N) is 2. The lowest BCUT2D eigenvalue weighted by atomic mass is 10.3. The van der Waals surface area contributed by atoms with Gasteiger partial charge in [0.05, 0.1) is 5.52 Å². The average Bonchev–Trinajstić information content (AvgIpc) is 2.06. The van der Waals surface area contributed by atoms with Gasteiger partial charge in [-0.3, -0.25) is 9.97 Å². The summed E-state index contributed by atoms with van der Waals surface area (Å²) < 4.78 is 1.15. The second-order valence-corrected chi connectivity index (χ2v) is 3.33. The Morgan fingerprint density at radius 2 is 1.91 bits per heavy atom. The Hall–Kier alpha value is -0.710. The van der Waals surface area contributed by atoms with Crippen molar-refractivity contribution in [2.24, 2.45) is 0 Å². The number of benzene rings is 1. The first-order valence-electron chi connectivity index (χ1n) is 3.23. The van der Waals surface area contributed by atoms with Crippen molar-refractivity contribution in [2.45, 2.75) is 0 Å². The zero-order valence-electron chi connectivity index (χ0n) is 5.66. The average molecular weight is 256 g/mol. The van der Waals surface area contributed by atoms with Gasteiger partial charge in [0.2, 0.25) is 0 Å². The fourth-order valence-electron chi connectivity index (χ4n) is 0.957. The highest BCUT2D eigenvalue weighted by Crippen LogP contribution is 2.14. The van der Waals surface area contributed by atoms with E-state index in [-0.39, 0.29) is 0 Å². The SMILES string of the molecule is Ic1cccc2nccnc12. The smallest absolute Gasteiger partial charge is 0.102 e. The molecule has 0 bridgehead atoms. The molecular formula is C8H5IN2. The molecule has 0 amide bonds. The molecule has 54 valence electrons. The standard InChI is InChI=1S/C8H5IN2/c9-6-2-1-3-7-8(6)11-5-4-10-7/h1-5H. The minimum Gasteiger partial charge on any atom is -0.253 e. The molecule has 0 fully saturated rings. The van der Waals surface area contributed by atoms with Crippen molar-refractivity contribution in [3.63, 3.8) is 0 Å². The number of fused-ring (bicyclic) bond motifs is 1. The summed E-state index contributed by atoms with van der Waals surface area (Å²) in [4.78, 5) is 8.39. The highest BCUT2D eigenvalue weighted by atomic mass is 127. The molecule has 0 saturated heterocycles. The van der Waals surface area contributed by atoms with E-state index in [0.29, 0.717) is 0 Å². The molecule has 1 heterocycles. The van der Waals surface area contributed by atoms with Gasteiger partial charge in [-0.1, -0.05) is 6.07 Å². The minimum atomic E-state index is 0.958. The van der Waals surface area contributed by atoms with E-state index in [1.54, 1.807) is 12.4 Å². The molecule has 0 unspecified atom stereocenters. The number of aromatic nitrogens is 2. The van der Waals surface area contributed by atoms with E-state index >= 15 is 0 Å². The molecule has 2 rings (SSSR count). The first-order valence-corrected chi connectivity index (χ1v) is 4.31. The molecule has 11 heavy (non-hydrogen) atoms. The lowest BCUT2D eigenvalue weighted by Gasteiger charge is -1.95. The van der Waals surface area contributed by atoms with Crippen molar-refractivity contribution >= 4 is 33.6 Å². The van der Waals surface area contributed by atoms with Crippen molar-refractivity contribution in [2.75, 3.05) is 0 Å². The van der Waals surface area contributed by atoms with Crippen LogP contribution in [0, 0.1) is 3.57 Å². The highest BCUT2D eigenvalue weighted by Gasteiger charge is 1.96. The van der Waals surface area contributed by atoms with E-state index in [1.165, 1.54) is 0 Å². The highest BCUT2D eigenvalue weighted by molar-refractivity contribution is 14.1. The molecule has 0 radical (unpaired) electrons. The third kappa shape index (κ3) is 1.20. The number of para-hydroxylation sites is 1. The van der Waals surface area contributed by atoms with Crippen LogP contribution in [-0.2, 0) is 0 Å². The Bertz CT molecular complexity index is 381. The van der Waals surface area contributed by atoms with E-state index in [0.717, 1.165) is 14.6 Å². The van der Waals surface area contributed by atoms with Crippen LogP contribution in [0.5, 0.6) is 0 Å². The predicted molar refractivity (Wildman–Crippen MR) is 52.3 cm³/mol. The van der Waals surface area contributed by atoms with E-state index in [4.69, 9.17) is 0 Å². The number of rotatable bonds is 0. The second kappa shape index (κ2) is 2.73. The first kappa shape index (κ1) is 6.97. The molecule has 0 aliphatic rings. The molecule has 3 heteroatoms. The van der Waals surface area contributed by atoms with Crippen LogP contribution < -0.4 is 0 Å². The van der Waals surface area contributed by atoms with E-state index < -0.39 is 0 Å². The maximum Gasteiger partial charge on any atom is 0.102 e. The molecule has 0 spiro atoms. The van der Waals surface area contributed by atoms with Crippen LogP contribution in [0.4, 0.5) is 0 Å². The topological polar surface area (TPSA) is 25.8 Å². The van der Waals surface area contributed by atoms with Crippen molar-refractivity contribution in [3.05, 3.63) is 34.2 Å². The third-order valence-corrected chi connectivity index (χ3v) is 2.32. The van der Waals surface area contributed by atoms with Gasteiger partial charge >= 0.3 is 0 Å². The van der Waals surface area contributed by atoms with E-state index in [2.05, 4.69) is 32.6 Å². The van der Waals surface area contributed by atoms with Crippen LogP contribution in [0.1, 0.15) is 0 Å². The van der Waals surface area contributed by atoms with Gasteiger partial charge in [-0.25, -0.2) is 0 Å². The monoisotopic (exact) mass is 256 g/mol. The van der Waals surface area contributed by atoms with Crippen molar-refractivity contribution < 1.29 is 0 Å². The zero-order chi connectivity index (χ0) is 7.68. The van der Waals surface area contributed by atoms with Gasteiger partial charge in [0.1, 0.15) is 5.52 Å². The number of halogens is 1. The van der Waals surface area contributed by atoms with Crippen LogP contribution in [0.3, 0.4) is 0 Å². The lowest BCUT2D eigenvalue weighted by molar-refractivity contribution is 1.29. The second-order valence-electron chi connectivity index (χ2n) is 2.16. The molecule has 0 N–H and O–H groups in total. The molecule has 0 atom stereocenters. The molecule has 0 aliphatic heterocycles. The Balaban J connectivity index is 2.91. The normalized spacial score (nSPS) is 10.3. The largest absolute Gasteiger partial charge is 0.253 e.